The topological polar surface area (TPSA) is 94.8 Å². The van der Waals surface area contributed by atoms with Gasteiger partial charge in [0.15, 0.2) is 0 Å². The van der Waals surface area contributed by atoms with Crippen LogP contribution in [0.2, 0.25) is 0 Å². The molecule has 0 fully saturated rings. The van der Waals surface area contributed by atoms with Crippen molar-refractivity contribution in [1.82, 2.24) is 5.01 Å². The molecule has 0 atom stereocenters. The lowest BCUT2D eigenvalue weighted by Gasteiger charge is -2.04. The monoisotopic (exact) mass is 217 g/mol. The molecule has 0 aliphatic rings. The van der Waals surface area contributed by atoms with Gasteiger partial charge < -0.3 is 5.73 Å². The van der Waals surface area contributed by atoms with Crippen molar-refractivity contribution in [3.8, 4) is 6.07 Å². The van der Waals surface area contributed by atoms with Crippen LogP contribution in [0, 0.1) is 11.3 Å². The van der Waals surface area contributed by atoms with E-state index < -0.39 is 5.91 Å². The molecule has 2 N–H and O–H groups in total. The summed E-state index contributed by atoms with van der Waals surface area (Å²) < 4.78 is 0. The minimum absolute atomic E-state index is 0.170. The summed E-state index contributed by atoms with van der Waals surface area (Å²) in [6.07, 6.45) is 0. The molecule has 1 rings (SSSR count). The maximum Gasteiger partial charge on any atom is 0.248 e. The molecule has 1 amide bonds. The van der Waals surface area contributed by atoms with E-state index in [4.69, 9.17) is 11.0 Å². The number of carbonyl (C=O) groups excluding carboxylic acids is 1. The van der Waals surface area contributed by atoms with Crippen LogP contribution in [-0.2, 0) is 0 Å². The first-order valence-corrected chi connectivity index (χ1v) is 4.53. The Morgan fingerprint density at radius 2 is 2.12 bits per heavy atom. The summed E-state index contributed by atoms with van der Waals surface area (Å²) in [6, 6.07) is 8.34. The summed E-state index contributed by atoms with van der Waals surface area (Å²) in [6.45, 7) is 0.170. The number of carbonyl (C=O) groups is 1. The number of amides is 1. The number of nitrogens with zero attached hydrogens (tertiary/aromatic N) is 4. The second-order valence-corrected chi connectivity index (χ2v) is 3.07. The molecule has 1 aromatic carbocycles. The normalized spacial score (nSPS) is 10.0. The van der Waals surface area contributed by atoms with Crippen LogP contribution in [-0.4, -0.2) is 24.5 Å². The SMILES string of the molecule is CN(CC#N)N=Nc1ccc(C(N)=O)cc1. The maximum absolute atomic E-state index is 10.8. The Labute approximate surface area is 93.0 Å². The van der Waals surface area contributed by atoms with Gasteiger partial charge in [-0.3, -0.25) is 9.80 Å². The number of nitriles is 1. The molecule has 0 aliphatic carbocycles. The van der Waals surface area contributed by atoms with Crippen LogP contribution >= 0.6 is 0 Å². The Balaban J connectivity index is 2.69. The lowest BCUT2D eigenvalue weighted by atomic mass is 10.2. The van der Waals surface area contributed by atoms with Crippen molar-refractivity contribution < 1.29 is 4.79 Å². The highest BCUT2D eigenvalue weighted by Crippen LogP contribution is 2.13. The third-order valence-corrected chi connectivity index (χ3v) is 1.76. The first-order chi connectivity index (χ1) is 7.63. The van der Waals surface area contributed by atoms with Crippen LogP contribution in [0.4, 0.5) is 5.69 Å². The molecule has 6 nitrogen and oxygen atoms in total. The van der Waals surface area contributed by atoms with Gasteiger partial charge in [0.25, 0.3) is 0 Å². The van der Waals surface area contributed by atoms with Gasteiger partial charge in [-0.15, -0.1) is 5.11 Å². The lowest BCUT2D eigenvalue weighted by molar-refractivity contribution is 0.100. The largest absolute Gasteiger partial charge is 0.366 e. The standard InChI is InChI=1S/C10H11N5O/c1-15(7-6-11)14-13-9-4-2-8(3-5-9)10(12)16/h2-5H,7H2,1H3,(H2,12,16). The number of hydrogen-bond donors (Lipinski definition) is 1. The first kappa shape index (κ1) is 11.7. The van der Waals surface area contributed by atoms with Crippen molar-refractivity contribution in [3.05, 3.63) is 29.8 Å². The van der Waals surface area contributed by atoms with Gasteiger partial charge in [0.2, 0.25) is 5.91 Å². The molecule has 1 aromatic rings. The summed E-state index contributed by atoms with van der Waals surface area (Å²) in [7, 11) is 1.64. The average Bonchev–Trinajstić information content (AvgIpc) is 2.27. The Morgan fingerprint density at radius 1 is 1.50 bits per heavy atom. The molecule has 16 heavy (non-hydrogen) atoms. The van der Waals surface area contributed by atoms with Gasteiger partial charge in [0, 0.05) is 12.6 Å². The molecule has 82 valence electrons. The van der Waals surface area contributed by atoms with Gasteiger partial charge in [-0.25, -0.2) is 0 Å². The van der Waals surface area contributed by atoms with Crippen LogP contribution in [0.25, 0.3) is 0 Å². The fourth-order valence-corrected chi connectivity index (χ4v) is 0.954. The quantitative estimate of drug-likeness (QED) is 0.467. The van der Waals surface area contributed by atoms with E-state index in [1.165, 1.54) is 5.01 Å². The van der Waals surface area contributed by atoms with E-state index >= 15 is 0 Å². The van der Waals surface area contributed by atoms with Crippen molar-refractivity contribution in [2.75, 3.05) is 13.6 Å². The highest BCUT2D eigenvalue weighted by Gasteiger charge is 1.98. The maximum atomic E-state index is 10.8. The average molecular weight is 217 g/mol. The Bertz CT molecular complexity index is 432. The van der Waals surface area contributed by atoms with Gasteiger partial charge >= 0.3 is 0 Å². The van der Waals surface area contributed by atoms with E-state index in [0.29, 0.717) is 11.3 Å². The molecule has 0 heterocycles. The zero-order chi connectivity index (χ0) is 12.0. The highest BCUT2D eigenvalue weighted by molar-refractivity contribution is 5.92. The van der Waals surface area contributed by atoms with Gasteiger partial charge in [-0.2, -0.15) is 5.26 Å². The minimum atomic E-state index is -0.481. The summed E-state index contributed by atoms with van der Waals surface area (Å²) in [5, 5.41) is 17.4. The fraction of sp³-hybridized carbons (Fsp3) is 0.200. The van der Waals surface area contributed by atoms with Gasteiger partial charge in [0.1, 0.15) is 6.54 Å². The number of benzene rings is 1. The van der Waals surface area contributed by atoms with Gasteiger partial charge in [-0.05, 0) is 24.3 Å². The third-order valence-electron chi connectivity index (χ3n) is 1.76. The number of nitrogens with two attached hydrogens (primary N) is 1. The lowest BCUT2D eigenvalue weighted by Crippen LogP contribution is -2.10. The fourth-order valence-electron chi connectivity index (χ4n) is 0.954. The Morgan fingerprint density at radius 3 is 2.62 bits per heavy atom. The van der Waals surface area contributed by atoms with Crippen molar-refractivity contribution in [1.29, 1.82) is 5.26 Å². The van der Waals surface area contributed by atoms with Crippen molar-refractivity contribution in [2.45, 2.75) is 0 Å². The number of hydrogen-bond acceptors (Lipinski definition) is 4. The first-order valence-electron chi connectivity index (χ1n) is 4.53. The predicted molar refractivity (Wildman–Crippen MR) is 57.7 cm³/mol. The van der Waals surface area contributed by atoms with Gasteiger partial charge in [0.05, 0.1) is 11.8 Å². The Hall–Kier alpha value is -2.42. The van der Waals surface area contributed by atoms with E-state index in [2.05, 4.69) is 10.3 Å². The third kappa shape index (κ3) is 3.38. The van der Waals surface area contributed by atoms with Crippen molar-refractivity contribution in [2.24, 2.45) is 16.1 Å². The molecule has 0 saturated heterocycles. The Kier molecular flexibility index (Phi) is 3.98. The van der Waals surface area contributed by atoms with Crippen LogP contribution in [0.15, 0.2) is 34.6 Å². The highest BCUT2D eigenvalue weighted by atomic mass is 16.1. The zero-order valence-electron chi connectivity index (χ0n) is 8.79. The van der Waals surface area contributed by atoms with Crippen LogP contribution in [0.5, 0.6) is 0 Å². The predicted octanol–water partition coefficient (Wildman–Crippen LogP) is 1.24. The second kappa shape index (κ2) is 5.46. The molecule has 0 radical (unpaired) electrons. The molecule has 6 heteroatoms. The molecular weight excluding hydrogens is 206 g/mol. The van der Waals surface area contributed by atoms with E-state index in [1.807, 2.05) is 6.07 Å². The zero-order valence-corrected chi connectivity index (χ0v) is 8.79. The van der Waals surface area contributed by atoms with E-state index in [-0.39, 0.29) is 6.54 Å². The summed E-state index contributed by atoms with van der Waals surface area (Å²) in [5.41, 5.74) is 6.10. The molecule has 0 spiro atoms. The summed E-state index contributed by atoms with van der Waals surface area (Å²) >= 11 is 0. The molecule has 0 aromatic heterocycles. The molecule has 0 unspecified atom stereocenters. The van der Waals surface area contributed by atoms with E-state index in [1.54, 1.807) is 31.3 Å². The van der Waals surface area contributed by atoms with Crippen LogP contribution in [0.3, 0.4) is 0 Å². The minimum Gasteiger partial charge on any atom is -0.366 e. The van der Waals surface area contributed by atoms with Gasteiger partial charge in [-0.1, -0.05) is 5.22 Å². The molecule has 0 bridgehead atoms. The molecular formula is C10H11N5O. The van der Waals surface area contributed by atoms with Crippen molar-refractivity contribution in [3.63, 3.8) is 0 Å². The molecule has 0 aliphatic heterocycles. The van der Waals surface area contributed by atoms with Crippen molar-refractivity contribution >= 4 is 11.6 Å². The number of rotatable bonds is 4. The smallest absolute Gasteiger partial charge is 0.248 e. The summed E-state index contributed by atoms with van der Waals surface area (Å²) in [5.74, 6) is -0.481. The van der Waals surface area contributed by atoms with Crippen LogP contribution in [0.1, 0.15) is 10.4 Å². The van der Waals surface area contributed by atoms with Crippen LogP contribution < -0.4 is 5.73 Å². The second-order valence-electron chi connectivity index (χ2n) is 3.07. The molecule has 0 saturated carbocycles. The number of primary amides is 1. The van der Waals surface area contributed by atoms with E-state index in [9.17, 15) is 4.79 Å². The summed E-state index contributed by atoms with van der Waals surface area (Å²) in [4.78, 5) is 10.8. The van der Waals surface area contributed by atoms with E-state index in [0.717, 1.165) is 0 Å².